The molecule has 0 radical (unpaired) electrons. The Bertz CT molecular complexity index is 1700. The summed E-state index contributed by atoms with van der Waals surface area (Å²) >= 11 is 0. The normalized spacial score (nSPS) is 11.2. The van der Waals surface area contributed by atoms with Crippen LogP contribution in [0.15, 0.2) is 79.1 Å². The van der Waals surface area contributed by atoms with Crippen molar-refractivity contribution in [2.45, 2.75) is 6.54 Å². The summed E-state index contributed by atoms with van der Waals surface area (Å²) in [6.07, 6.45) is 3.69. The van der Waals surface area contributed by atoms with E-state index in [1.807, 2.05) is 59.5 Å². The summed E-state index contributed by atoms with van der Waals surface area (Å²) in [6.45, 7) is 0.676. The van der Waals surface area contributed by atoms with Crippen molar-refractivity contribution in [3.05, 3.63) is 84.7 Å². The highest BCUT2D eigenvalue weighted by atomic mass is 16.5. The first kappa shape index (κ1) is 22.4. The maximum Gasteiger partial charge on any atom is 0.247 e. The van der Waals surface area contributed by atoms with Crippen LogP contribution in [0.3, 0.4) is 0 Å². The molecule has 3 N–H and O–H groups in total. The van der Waals surface area contributed by atoms with Gasteiger partial charge in [-0.2, -0.15) is 10.1 Å². The number of fused-ring (bicyclic) bond motifs is 2. The second kappa shape index (κ2) is 9.15. The van der Waals surface area contributed by atoms with Gasteiger partial charge in [0.1, 0.15) is 11.5 Å². The van der Waals surface area contributed by atoms with Crippen LogP contribution < -0.4 is 20.5 Å². The highest BCUT2D eigenvalue weighted by Crippen LogP contribution is 2.29. The van der Waals surface area contributed by atoms with Crippen molar-refractivity contribution in [2.75, 3.05) is 25.3 Å². The Morgan fingerprint density at radius 3 is 2.46 bits per heavy atom. The second-order valence-electron chi connectivity index (χ2n) is 8.50. The quantitative estimate of drug-likeness (QED) is 0.334. The van der Waals surface area contributed by atoms with Crippen molar-refractivity contribution in [3.8, 4) is 22.8 Å². The van der Waals surface area contributed by atoms with Crippen LogP contribution in [0, 0.1) is 0 Å². The van der Waals surface area contributed by atoms with E-state index < -0.39 is 0 Å². The summed E-state index contributed by atoms with van der Waals surface area (Å²) in [6, 6.07) is 21.8. The molecule has 0 saturated heterocycles. The van der Waals surface area contributed by atoms with Crippen LogP contribution in [0.1, 0.15) is 5.56 Å². The highest BCUT2D eigenvalue weighted by molar-refractivity contribution is 5.84. The van der Waals surface area contributed by atoms with Crippen molar-refractivity contribution in [3.63, 3.8) is 0 Å². The molecule has 0 aliphatic carbocycles. The lowest BCUT2D eigenvalue weighted by molar-refractivity contribution is 0.395. The molecule has 3 heterocycles. The van der Waals surface area contributed by atoms with Crippen LogP contribution in [-0.4, -0.2) is 43.6 Å². The minimum Gasteiger partial charge on any atom is -0.497 e. The molecule has 0 bridgehead atoms. The van der Waals surface area contributed by atoms with Gasteiger partial charge >= 0.3 is 0 Å². The van der Waals surface area contributed by atoms with Crippen LogP contribution in [-0.2, 0) is 6.54 Å². The summed E-state index contributed by atoms with van der Waals surface area (Å²) < 4.78 is 14.3. The van der Waals surface area contributed by atoms with Gasteiger partial charge in [0.25, 0.3) is 0 Å². The fourth-order valence-corrected chi connectivity index (χ4v) is 4.23. The number of anilines is 3. The van der Waals surface area contributed by atoms with Crippen molar-refractivity contribution in [1.82, 2.24) is 29.4 Å². The van der Waals surface area contributed by atoms with Crippen molar-refractivity contribution in [1.29, 1.82) is 0 Å². The largest absolute Gasteiger partial charge is 0.497 e. The Hall–Kier alpha value is -5.12. The van der Waals surface area contributed by atoms with Crippen LogP contribution in [0.4, 0.5) is 17.5 Å². The number of benzene rings is 3. The minimum absolute atomic E-state index is 0.277. The molecule has 6 aromatic rings. The molecule has 0 spiro atoms. The van der Waals surface area contributed by atoms with E-state index in [2.05, 4.69) is 43.7 Å². The number of nitrogens with one attached hydrogen (secondary N) is 1. The summed E-state index contributed by atoms with van der Waals surface area (Å²) in [5.74, 6) is 1.95. The van der Waals surface area contributed by atoms with E-state index in [-0.39, 0.29) is 5.82 Å². The van der Waals surface area contributed by atoms with Gasteiger partial charge in [0.15, 0.2) is 11.5 Å². The molecule has 184 valence electrons. The Kier molecular flexibility index (Phi) is 5.53. The number of methoxy groups -OCH3 is 2. The van der Waals surface area contributed by atoms with Gasteiger partial charge in [-0.05, 0) is 11.6 Å². The summed E-state index contributed by atoms with van der Waals surface area (Å²) in [5.41, 5.74) is 11.2. The van der Waals surface area contributed by atoms with Crippen molar-refractivity contribution >= 4 is 34.0 Å². The van der Waals surface area contributed by atoms with E-state index in [1.54, 1.807) is 24.8 Å². The number of aromatic nitrogens is 6. The van der Waals surface area contributed by atoms with Crippen LogP contribution >= 0.6 is 0 Å². The molecular formula is C27H24N8O2. The fraction of sp³-hybridized carbons (Fsp3) is 0.111. The van der Waals surface area contributed by atoms with E-state index in [4.69, 9.17) is 15.2 Å². The lowest BCUT2D eigenvalue weighted by Gasteiger charge is -2.08. The third-order valence-electron chi connectivity index (χ3n) is 6.07. The second-order valence-corrected chi connectivity index (χ2v) is 8.50. The molecule has 10 nitrogen and oxygen atoms in total. The monoisotopic (exact) mass is 492 g/mol. The Balaban J connectivity index is 1.34. The zero-order valence-electron chi connectivity index (χ0n) is 20.3. The summed E-state index contributed by atoms with van der Waals surface area (Å²) in [7, 11) is 3.20. The molecule has 10 heteroatoms. The molecule has 0 fully saturated rings. The van der Waals surface area contributed by atoms with Gasteiger partial charge in [0.05, 0.1) is 44.4 Å². The molecule has 0 aliphatic heterocycles. The van der Waals surface area contributed by atoms with E-state index in [0.29, 0.717) is 35.3 Å². The number of hydrogen-bond donors (Lipinski definition) is 2. The molecule has 0 atom stereocenters. The van der Waals surface area contributed by atoms with Gasteiger partial charge in [0.2, 0.25) is 5.95 Å². The average Bonchev–Trinajstić information content (AvgIpc) is 3.52. The van der Waals surface area contributed by atoms with E-state index >= 15 is 0 Å². The molecule has 0 amide bonds. The van der Waals surface area contributed by atoms with E-state index in [1.165, 1.54) is 5.56 Å². The van der Waals surface area contributed by atoms with Gasteiger partial charge < -0.3 is 20.5 Å². The molecular weight excluding hydrogens is 468 g/mol. The molecule has 0 unspecified atom stereocenters. The molecule has 0 saturated carbocycles. The zero-order chi connectivity index (χ0) is 25.4. The third-order valence-corrected chi connectivity index (χ3v) is 6.07. The van der Waals surface area contributed by atoms with Gasteiger partial charge in [-0.1, -0.05) is 42.5 Å². The van der Waals surface area contributed by atoms with E-state index in [0.717, 1.165) is 22.2 Å². The molecule has 6 rings (SSSR count). The van der Waals surface area contributed by atoms with Gasteiger partial charge in [-0.25, -0.2) is 9.50 Å². The minimum atomic E-state index is 0.277. The standard InChI is InChI=1S/C27H24N8O2/c1-36-21-11-20(12-22(13-21)37-2)30-27-32-26-25(28)31-23(16-35(26)33-27)18-8-9-19-14-29-34(24(19)10-18)15-17-6-4-3-5-7-17/h3-14,16H,15H2,1-2H3,(H2,28,31)(H,30,33). The number of ether oxygens (including phenoxy) is 2. The predicted molar refractivity (Wildman–Crippen MR) is 142 cm³/mol. The Morgan fingerprint density at radius 1 is 0.919 bits per heavy atom. The number of nitrogens with two attached hydrogens (primary N) is 1. The van der Waals surface area contributed by atoms with Crippen LogP contribution in [0.2, 0.25) is 0 Å². The number of nitrogens with zero attached hydrogens (tertiary/aromatic N) is 6. The lowest BCUT2D eigenvalue weighted by atomic mass is 10.1. The van der Waals surface area contributed by atoms with Gasteiger partial charge in [0, 0.05) is 34.8 Å². The molecule has 0 aliphatic rings. The first-order chi connectivity index (χ1) is 18.1. The fourth-order valence-electron chi connectivity index (χ4n) is 4.23. The average molecular weight is 493 g/mol. The Labute approximate surface area is 212 Å². The first-order valence-electron chi connectivity index (χ1n) is 11.6. The SMILES string of the molecule is COc1cc(Nc2nc3c(N)nc(-c4ccc5cnn(Cc6ccccc6)c5c4)cn3n2)cc(OC)c1. The summed E-state index contributed by atoms with van der Waals surface area (Å²) in [5, 5.41) is 13.4. The zero-order valence-corrected chi connectivity index (χ0v) is 20.3. The smallest absolute Gasteiger partial charge is 0.247 e. The first-order valence-corrected chi connectivity index (χ1v) is 11.6. The van der Waals surface area contributed by atoms with Crippen molar-refractivity contribution in [2.24, 2.45) is 0 Å². The number of hydrogen-bond acceptors (Lipinski definition) is 8. The molecule has 3 aromatic heterocycles. The third kappa shape index (κ3) is 4.36. The molecule has 3 aromatic carbocycles. The maximum atomic E-state index is 6.30. The van der Waals surface area contributed by atoms with Gasteiger partial charge in [-0.3, -0.25) is 4.68 Å². The summed E-state index contributed by atoms with van der Waals surface area (Å²) in [4.78, 5) is 9.12. The Morgan fingerprint density at radius 2 is 1.70 bits per heavy atom. The van der Waals surface area contributed by atoms with Gasteiger partial charge in [-0.15, -0.1) is 5.10 Å². The highest BCUT2D eigenvalue weighted by Gasteiger charge is 2.13. The lowest BCUT2D eigenvalue weighted by Crippen LogP contribution is -2.02. The predicted octanol–water partition coefficient (Wildman–Crippen LogP) is 4.53. The van der Waals surface area contributed by atoms with E-state index in [9.17, 15) is 0 Å². The molecule has 37 heavy (non-hydrogen) atoms. The van der Waals surface area contributed by atoms with Crippen molar-refractivity contribution < 1.29 is 9.47 Å². The topological polar surface area (TPSA) is 117 Å². The van der Waals surface area contributed by atoms with Crippen LogP contribution in [0.25, 0.3) is 27.8 Å². The maximum absolute atomic E-state index is 6.30. The number of nitrogen functional groups attached to an aromatic ring is 1. The van der Waals surface area contributed by atoms with Crippen LogP contribution in [0.5, 0.6) is 11.5 Å². The number of rotatable bonds is 7.